The predicted molar refractivity (Wildman–Crippen MR) is 107 cm³/mol. The van der Waals surface area contributed by atoms with Crippen molar-refractivity contribution in [3.05, 3.63) is 62.1 Å². The van der Waals surface area contributed by atoms with Gasteiger partial charge in [0.1, 0.15) is 23.9 Å². The van der Waals surface area contributed by atoms with E-state index in [0.29, 0.717) is 32.7 Å². The van der Waals surface area contributed by atoms with Gasteiger partial charge < -0.3 is 10.4 Å². The van der Waals surface area contributed by atoms with Crippen LogP contribution >= 0.6 is 15.9 Å². The lowest BCUT2D eigenvalue weighted by Gasteiger charge is -2.20. The third-order valence-electron chi connectivity index (χ3n) is 4.50. The summed E-state index contributed by atoms with van der Waals surface area (Å²) in [6, 6.07) is 7.16. The summed E-state index contributed by atoms with van der Waals surface area (Å²) in [7, 11) is 1.62. The third-order valence-corrected chi connectivity index (χ3v) is 5.06. The topological polar surface area (TPSA) is 80.0 Å². The van der Waals surface area contributed by atoms with Gasteiger partial charge in [0.2, 0.25) is 0 Å². The van der Waals surface area contributed by atoms with Crippen molar-refractivity contribution in [2.45, 2.75) is 25.8 Å². The fourth-order valence-electron chi connectivity index (χ4n) is 2.93. The van der Waals surface area contributed by atoms with E-state index in [9.17, 15) is 13.6 Å². The fourth-order valence-corrected chi connectivity index (χ4v) is 3.42. The Morgan fingerprint density at radius 1 is 1.32 bits per heavy atom. The standard InChI is InChI=1S/C19H19BrF2N4O2/c1-10(12-5-4-6-13(7-12)19(21,22)9-27)23-16-14-8-15(20)18(28)26(3)17(14)25-11(2)24-16/h4-8,10,27H,9H2,1-3H3,(H,23,24,25). The number of halogens is 3. The Balaban J connectivity index is 2.04. The largest absolute Gasteiger partial charge is 0.390 e. The predicted octanol–water partition coefficient (Wildman–Crippen LogP) is 3.66. The van der Waals surface area contributed by atoms with Crippen LogP contribution in [0.15, 0.2) is 39.6 Å². The highest BCUT2D eigenvalue weighted by Crippen LogP contribution is 2.31. The van der Waals surface area contributed by atoms with Gasteiger partial charge in [0, 0.05) is 18.7 Å². The number of benzene rings is 1. The summed E-state index contributed by atoms with van der Waals surface area (Å²) in [6.45, 7) is 2.27. The molecular formula is C19H19BrF2N4O2. The van der Waals surface area contributed by atoms with E-state index in [0.717, 1.165) is 0 Å². The van der Waals surface area contributed by atoms with Gasteiger partial charge in [0.15, 0.2) is 0 Å². The Hall–Kier alpha value is -2.39. The molecule has 0 radical (unpaired) electrons. The molecule has 9 heteroatoms. The second kappa shape index (κ2) is 7.56. The molecule has 0 amide bonds. The Morgan fingerprint density at radius 2 is 2.04 bits per heavy atom. The van der Waals surface area contributed by atoms with Gasteiger partial charge in [-0.1, -0.05) is 18.2 Å². The van der Waals surface area contributed by atoms with Crippen LogP contribution in [0.1, 0.15) is 29.9 Å². The molecular weight excluding hydrogens is 434 g/mol. The molecule has 28 heavy (non-hydrogen) atoms. The summed E-state index contributed by atoms with van der Waals surface area (Å²) in [6.07, 6.45) is 0. The van der Waals surface area contributed by atoms with Crippen molar-refractivity contribution in [2.75, 3.05) is 11.9 Å². The van der Waals surface area contributed by atoms with Gasteiger partial charge in [-0.25, -0.2) is 9.97 Å². The van der Waals surface area contributed by atoms with E-state index in [4.69, 9.17) is 5.11 Å². The maximum absolute atomic E-state index is 13.8. The SMILES string of the molecule is Cc1nc(NC(C)c2cccc(C(F)(F)CO)c2)c2cc(Br)c(=O)n(C)c2n1. The van der Waals surface area contributed by atoms with E-state index in [-0.39, 0.29) is 17.2 Å². The number of aryl methyl sites for hydroxylation is 2. The average molecular weight is 453 g/mol. The third kappa shape index (κ3) is 3.77. The lowest BCUT2D eigenvalue weighted by Crippen LogP contribution is -2.20. The van der Waals surface area contributed by atoms with E-state index < -0.39 is 12.5 Å². The number of aliphatic hydroxyl groups excluding tert-OH is 1. The van der Waals surface area contributed by atoms with Gasteiger partial charge in [-0.05, 0) is 47.5 Å². The molecule has 0 bridgehead atoms. The molecule has 0 aliphatic rings. The first-order valence-corrected chi connectivity index (χ1v) is 9.33. The molecule has 2 aromatic heterocycles. The normalized spacial score (nSPS) is 13.0. The van der Waals surface area contributed by atoms with Crippen LogP contribution in [0.4, 0.5) is 14.6 Å². The van der Waals surface area contributed by atoms with Gasteiger partial charge in [-0.3, -0.25) is 9.36 Å². The van der Waals surface area contributed by atoms with E-state index in [1.54, 1.807) is 26.1 Å². The molecule has 2 heterocycles. The van der Waals surface area contributed by atoms with Crippen LogP contribution in [-0.4, -0.2) is 26.2 Å². The number of alkyl halides is 2. The van der Waals surface area contributed by atoms with Gasteiger partial charge in [0.05, 0.1) is 9.86 Å². The van der Waals surface area contributed by atoms with Crippen molar-refractivity contribution in [3.8, 4) is 0 Å². The molecule has 1 aromatic carbocycles. The lowest BCUT2D eigenvalue weighted by molar-refractivity contribution is -0.0556. The van der Waals surface area contributed by atoms with Crippen LogP contribution in [0.25, 0.3) is 11.0 Å². The molecule has 0 aliphatic carbocycles. The van der Waals surface area contributed by atoms with Crippen molar-refractivity contribution < 1.29 is 13.9 Å². The number of pyridine rings is 1. The number of fused-ring (bicyclic) bond motifs is 1. The molecule has 0 saturated carbocycles. The van der Waals surface area contributed by atoms with Crippen LogP contribution < -0.4 is 10.9 Å². The number of hydrogen-bond donors (Lipinski definition) is 2. The van der Waals surface area contributed by atoms with Gasteiger partial charge in [-0.15, -0.1) is 0 Å². The van der Waals surface area contributed by atoms with Crippen molar-refractivity contribution in [1.82, 2.24) is 14.5 Å². The van der Waals surface area contributed by atoms with E-state index >= 15 is 0 Å². The van der Waals surface area contributed by atoms with Crippen molar-refractivity contribution in [1.29, 1.82) is 0 Å². The summed E-state index contributed by atoms with van der Waals surface area (Å²) >= 11 is 3.25. The lowest BCUT2D eigenvalue weighted by atomic mass is 10.0. The van der Waals surface area contributed by atoms with Gasteiger partial charge in [0.25, 0.3) is 11.5 Å². The molecule has 3 aromatic rings. The molecule has 1 unspecified atom stereocenters. The highest BCUT2D eigenvalue weighted by Gasteiger charge is 2.30. The van der Waals surface area contributed by atoms with Gasteiger partial charge in [-0.2, -0.15) is 8.78 Å². The maximum Gasteiger partial charge on any atom is 0.295 e. The molecule has 0 spiro atoms. The second-order valence-electron chi connectivity index (χ2n) is 6.57. The monoisotopic (exact) mass is 452 g/mol. The Morgan fingerprint density at radius 3 is 2.71 bits per heavy atom. The molecule has 3 rings (SSSR count). The Kier molecular flexibility index (Phi) is 5.49. The van der Waals surface area contributed by atoms with Gasteiger partial charge >= 0.3 is 0 Å². The number of rotatable bonds is 5. The minimum atomic E-state index is -3.31. The highest BCUT2D eigenvalue weighted by molar-refractivity contribution is 9.10. The molecule has 0 aliphatic heterocycles. The fraction of sp³-hybridized carbons (Fsp3) is 0.316. The average Bonchev–Trinajstić information content (AvgIpc) is 2.67. The van der Waals surface area contributed by atoms with E-state index in [2.05, 4.69) is 31.2 Å². The smallest absolute Gasteiger partial charge is 0.295 e. The Labute approximate surface area is 168 Å². The van der Waals surface area contributed by atoms with Crippen molar-refractivity contribution >= 4 is 32.8 Å². The van der Waals surface area contributed by atoms with Crippen molar-refractivity contribution in [2.24, 2.45) is 7.05 Å². The number of aromatic nitrogens is 3. The zero-order valence-electron chi connectivity index (χ0n) is 15.5. The Bertz CT molecular complexity index is 1100. The number of hydrogen-bond acceptors (Lipinski definition) is 5. The second-order valence-corrected chi connectivity index (χ2v) is 7.42. The minimum absolute atomic E-state index is 0.219. The zero-order valence-corrected chi connectivity index (χ0v) is 17.1. The molecule has 1 atom stereocenters. The zero-order chi connectivity index (χ0) is 20.6. The molecule has 2 N–H and O–H groups in total. The first kappa shape index (κ1) is 20.3. The summed E-state index contributed by atoms with van der Waals surface area (Å²) < 4.78 is 29.4. The van der Waals surface area contributed by atoms with Crippen LogP contribution in [0.5, 0.6) is 0 Å². The van der Waals surface area contributed by atoms with E-state index in [1.807, 2.05) is 6.92 Å². The van der Waals surface area contributed by atoms with Crippen LogP contribution in [0.3, 0.4) is 0 Å². The van der Waals surface area contributed by atoms with Crippen LogP contribution in [0.2, 0.25) is 0 Å². The summed E-state index contributed by atoms with van der Waals surface area (Å²) in [4.78, 5) is 20.9. The number of nitrogens with zero attached hydrogens (tertiary/aromatic N) is 3. The number of nitrogens with one attached hydrogen (secondary N) is 1. The quantitative estimate of drug-likeness (QED) is 0.617. The highest BCUT2D eigenvalue weighted by atomic mass is 79.9. The minimum Gasteiger partial charge on any atom is -0.390 e. The molecule has 148 valence electrons. The first-order chi connectivity index (χ1) is 13.1. The molecule has 0 fully saturated rings. The van der Waals surface area contributed by atoms with Crippen LogP contribution in [0, 0.1) is 6.92 Å². The summed E-state index contributed by atoms with van der Waals surface area (Å²) in [5.41, 5.74) is 0.605. The first-order valence-electron chi connectivity index (χ1n) is 8.53. The number of aliphatic hydroxyl groups is 1. The molecule has 6 nitrogen and oxygen atoms in total. The summed E-state index contributed by atoms with van der Waals surface area (Å²) in [5.74, 6) is -2.34. The van der Waals surface area contributed by atoms with Crippen molar-refractivity contribution in [3.63, 3.8) is 0 Å². The van der Waals surface area contributed by atoms with Crippen LogP contribution in [-0.2, 0) is 13.0 Å². The maximum atomic E-state index is 13.8. The number of anilines is 1. The van der Waals surface area contributed by atoms with E-state index in [1.165, 1.54) is 22.8 Å². The summed E-state index contributed by atoms with van der Waals surface area (Å²) in [5, 5.41) is 12.8. The molecule has 0 saturated heterocycles.